The molecule has 0 saturated heterocycles. The zero-order valence-corrected chi connectivity index (χ0v) is 8.95. The number of aromatic carboxylic acids is 1. The van der Waals surface area contributed by atoms with E-state index in [4.69, 9.17) is 5.11 Å². The standard InChI is InChI=1S/C8H8O3.Ca/c1-5-3-2-4-6(7(5)9)8(10)11;/h2-4,9H,1H3,(H,10,11);. The summed E-state index contributed by atoms with van der Waals surface area (Å²) in [4.78, 5) is 10.4. The van der Waals surface area contributed by atoms with Crippen molar-refractivity contribution < 1.29 is 15.0 Å². The van der Waals surface area contributed by atoms with Crippen molar-refractivity contribution in [3.05, 3.63) is 29.3 Å². The molecule has 0 aliphatic heterocycles. The number of benzene rings is 1. The molecular formula is C8H8CaO3. The third kappa shape index (κ3) is 2.37. The molecule has 0 aliphatic rings. The maximum absolute atomic E-state index is 10.4. The molecule has 12 heavy (non-hydrogen) atoms. The minimum Gasteiger partial charge on any atom is -0.507 e. The molecule has 0 spiro atoms. The first-order chi connectivity index (χ1) is 5.13. The summed E-state index contributed by atoms with van der Waals surface area (Å²) in [6, 6.07) is 4.62. The maximum atomic E-state index is 10.4. The topological polar surface area (TPSA) is 57.5 Å². The molecule has 0 saturated carbocycles. The Bertz CT molecular complexity index is 296. The fraction of sp³-hybridized carbons (Fsp3) is 0.125. The number of hydrogen-bond donors (Lipinski definition) is 2. The summed E-state index contributed by atoms with van der Waals surface area (Å²) in [5.41, 5.74) is 0.523. The van der Waals surface area contributed by atoms with Gasteiger partial charge in [0.05, 0.1) is 0 Å². The van der Waals surface area contributed by atoms with Crippen molar-refractivity contribution in [2.45, 2.75) is 6.92 Å². The van der Waals surface area contributed by atoms with Crippen LogP contribution in [0.5, 0.6) is 5.75 Å². The van der Waals surface area contributed by atoms with Crippen molar-refractivity contribution in [2.24, 2.45) is 0 Å². The van der Waals surface area contributed by atoms with Crippen molar-refractivity contribution in [3.8, 4) is 5.75 Å². The molecular weight excluding hydrogens is 184 g/mol. The number of rotatable bonds is 1. The molecule has 0 aromatic heterocycles. The van der Waals surface area contributed by atoms with Gasteiger partial charge < -0.3 is 10.2 Å². The van der Waals surface area contributed by atoms with Crippen LogP contribution < -0.4 is 0 Å². The number of carbonyl (C=O) groups is 1. The molecule has 2 radical (unpaired) electrons. The SMILES string of the molecule is Cc1cccc(C(=O)O)c1O.[Ca]. The summed E-state index contributed by atoms with van der Waals surface area (Å²) >= 11 is 0. The molecule has 1 aromatic rings. The van der Waals surface area contributed by atoms with Crippen molar-refractivity contribution >= 4 is 43.7 Å². The molecule has 0 amide bonds. The molecule has 0 aliphatic carbocycles. The van der Waals surface area contributed by atoms with Gasteiger partial charge in [0.25, 0.3) is 0 Å². The zero-order valence-electron chi connectivity index (χ0n) is 6.74. The van der Waals surface area contributed by atoms with Crippen LogP contribution in [0.2, 0.25) is 0 Å². The van der Waals surface area contributed by atoms with E-state index in [0.717, 1.165) is 0 Å². The fourth-order valence-electron chi connectivity index (χ4n) is 0.832. The maximum Gasteiger partial charge on any atom is 0.339 e. The van der Waals surface area contributed by atoms with E-state index in [1.165, 1.54) is 6.07 Å². The molecule has 0 atom stereocenters. The number of aromatic hydroxyl groups is 1. The quantitative estimate of drug-likeness (QED) is 0.653. The third-order valence-electron chi connectivity index (χ3n) is 1.47. The Morgan fingerprint density at radius 1 is 1.42 bits per heavy atom. The Morgan fingerprint density at radius 2 is 2.00 bits per heavy atom. The predicted molar refractivity (Wildman–Crippen MR) is 45.6 cm³/mol. The van der Waals surface area contributed by atoms with Crippen molar-refractivity contribution in [1.82, 2.24) is 0 Å². The monoisotopic (exact) mass is 192 g/mol. The van der Waals surface area contributed by atoms with E-state index < -0.39 is 5.97 Å². The Hall–Kier alpha value is -0.250. The normalized spacial score (nSPS) is 8.75. The summed E-state index contributed by atoms with van der Waals surface area (Å²) < 4.78 is 0. The molecule has 0 bridgehead atoms. The fourth-order valence-corrected chi connectivity index (χ4v) is 0.832. The molecule has 1 aromatic carbocycles. The van der Waals surface area contributed by atoms with E-state index in [-0.39, 0.29) is 49.1 Å². The second kappa shape index (κ2) is 4.70. The molecule has 0 fully saturated rings. The molecule has 0 unspecified atom stereocenters. The van der Waals surface area contributed by atoms with E-state index in [9.17, 15) is 9.90 Å². The Balaban J connectivity index is 0.00000121. The number of hydrogen-bond acceptors (Lipinski definition) is 2. The van der Waals surface area contributed by atoms with Gasteiger partial charge in [-0.15, -0.1) is 0 Å². The van der Waals surface area contributed by atoms with Crippen LogP contribution in [0.15, 0.2) is 18.2 Å². The van der Waals surface area contributed by atoms with Gasteiger partial charge in [-0.2, -0.15) is 0 Å². The second-order valence-corrected chi connectivity index (χ2v) is 2.28. The van der Waals surface area contributed by atoms with Crippen LogP contribution in [-0.2, 0) is 0 Å². The first-order valence-electron chi connectivity index (χ1n) is 3.15. The third-order valence-corrected chi connectivity index (χ3v) is 1.47. The summed E-state index contributed by atoms with van der Waals surface area (Å²) in [6.07, 6.45) is 0. The van der Waals surface area contributed by atoms with Crippen LogP contribution in [0.1, 0.15) is 15.9 Å². The van der Waals surface area contributed by atoms with E-state index in [0.29, 0.717) is 5.56 Å². The van der Waals surface area contributed by atoms with E-state index in [1.54, 1.807) is 19.1 Å². The molecule has 2 N–H and O–H groups in total. The van der Waals surface area contributed by atoms with Gasteiger partial charge in [-0.05, 0) is 18.6 Å². The van der Waals surface area contributed by atoms with Gasteiger partial charge in [-0.1, -0.05) is 12.1 Å². The van der Waals surface area contributed by atoms with E-state index in [2.05, 4.69) is 0 Å². The minimum atomic E-state index is -1.11. The van der Waals surface area contributed by atoms with Gasteiger partial charge in [0.15, 0.2) is 0 Å². The van der Waals surface area contributed by atoms with Crippen molar-refractivity contribution in [3.63, 3.8) is 0 Å². The first kappa shape index (κ1) is 11.7. The zero-order chi connectivity index (χ0) is 8.43. The first-order valence-corrected chi connectivity index (χ1v) is 3.15. The summed E-state index contributed by atoms with van der Waals surface area (Å²) in [6.45, 7) is 1.65. The Kier molecular flexibility index (Phi) is 4.60. The van der Waals surface area contributed by atoms with E-state index >= 15 is 0 Å². The smallest absolute Gasteiger partial charge is 0.339 e. The number of aryl methyl sites for hydroxylation is 1. The number of carboxylic acid groups (broad SMARTS) is 1. The average molecular weight is 192 g/mol. The molecule has 3 nitrogen and oxygen atoms in total. The summed E-state index contributed by atoms with van der Waals surface area (Å²) in [5.74, 6) is -1.26. The van der Waals surface area contributed by atoms with Gasteiger partial charge in [-0.3, -0.25) is 0 Å². The van der Waals surface area contributed by atoms with Gasteiger partial charge in [0.2, 0.25) is 0 Å². The van der Waals surface area contributed by atoms with E-state index in [1.807, 2.05) is 0 Å². The minimum absolute atomic E-state index is 0. The largest absolute Gasteiger partial charge is 0.507 e. The van der Waals surface area contributed by atoms with Gasteiger partial charge in [0, 0.05) is 37.7 Å². The van der Waals surface area contributed by atoms with Crippen LogP contribution in [0.4, 0.5) is 0 Å². The summed E-state index contributed by atoms with van der Waals surface area (Å²) in [5, 5.41) is 17.7. The summed E-state index contributed by atoms with van der Waals surface area (Å²) in [7, 11) is 0. The number of para-hydroxylation sites is 1. The molecule has 0 heterocycles. The Morgan fingerprint density at radius 3 is 2.42 bits per heavy atom. The van der Waals surface area contributed by atoms with Crippen LogP contribution in [-0.4, -0.2) is 53.9 Å². The molecule has 4 heteroatoms. The van der Waals surface area contributed by atoms with Crippen molar-refractivity contribution in [2.75, 3.05) is 0 Å². The van der Waals surface area contributed by atoms with Gasteiger partial charge in [-0.25, -0.2) is 4.79 Å². The Labute approximate surface area is 100 Å². The number of carboxylic acids is 1. The number of phenols is 1. The van der Waals surface area contributed by atoms with Gasteiger partial charge >= 0.3 is 5.97 Å². The molecule has 60 valence electrons. The predicted octanol–water partition coefficient (Wildman–Crippen LogP) is 1.02. The molecule has 1 rings (SSSR count). The van der Waals surface area contributed by atoms with Crippen molar-refractivity contribution in [1.29, 1.82) is 0 Å². The average Bonchev–Trinajstić information content (AvgIpc) is 1.94. The van der Waals surface area contributed by atoms with Crippen LogP contribution in [0.3, 0.4) is 0 Å². The second-order valence-electron chi connectivity index (χ2n) is 2.28. The van der Waals surface area contributed by atoms with Crippen LogP contribution in [0, 0.1) is 6.92 Å². The van der Waals surface area contributed by atoms with Crippen LogP contribution >= 0.6 is 0 Å². The van der Waals surface area contributed by atoms with Crippen LogP contribution in [0.25, 0.3) is 0 Å². The van der Waals surface area contributed by atoms with Gasteiger partial charge in [0.1, 0.15) is 11.3 Å².